The van der Waals surface area contributed by atoms with Gasteiger partial charge in [-0.15, -0.1) is 0 Å². The lowest BCUT2D eigenvalue weighted by atomic mass is 9.91. The molecule has 21 heavy (non-hydrogen) atoms. The minimum atomic E-state index is 0.358. The molecule has 1 heterocycles. The average Bonchev–Trinajstić information content (AvgIpc) is 2.93. The molecular weight excluding hydrogens is 260 g/mol. The maximum absolute atomic E-state index is 9.44. The van der Waals surface area contributed by atoms with Crippen LogP contribution >= 0.6 is 0 Å². The van der Waals surface area contributed by atoms with E-state index < -0.39 is 0 Å². The summed E-state index contributed by atoms with van der Waals surface area (Å²) in [7, 11) is 0. The van der Waals surface area contributed by atoms with E-state index in [-0.39, 0.29) is 0 Å². The minimum Gasteiger partial charge on any atom is -0.508 e. The lowest BCUT2D eigenvalue weighted by Gasteiger charge is -2.46. The van der Waals surface area contributed by atoms with Crippen LogP contribution in [0.1, 0.15) is 51.0 Å². The summed E-state index contributed by atoms with van der Waals surface area (Å²) in [5.74, 6) is 0.358. The van der Waals surface area contributed by atoms with Crippen molar-refractivity contribution in [2.75, 3.05) is 13.1 Å². The van der Waals surface area contributed by atoms with Crippen LogP contribution in [0.15, 0.2) is 24.3 Å². The van der Waals surface area contributed by atoms with Gasteiger partial charge >= 0.3 is 0 Å². The molecule has 2 fully saturated rings. The number of nitrogens with zero attached hydrogens (tertiary/aromatic N) is 1. The van der Waals surface area contributed by atoms with Gasteiger partial charge in [-0.2, -0.15) is 0 Å². The first-order chi connectivity index (χ1) is 10.2. The number of rotatable bonds is 4. The van der Waals surface area contributed by atoms with Crippen molar-refractivity contribution < 1.29 is 5.11 Å². The van der Waals surface area contributed by atoms with Gasteiger partial charge in [0, 0.05) is 31.2 Å². The quantitative estimate of drug-likeness (QED) is 0.892. The number of hydrogen-bond donors (Lipinski definition) is 2. The summed E-state index contributed by atoms with van der Waals surface area (Å²) >= 11 is 0. The second kappa shape index (κ2) is 6.37. The third-order valence-corrected chi connectivity index (χ3v) is 5.24. The Kier molecular flexibility index (Phi) is 4.51. The van der Waals surface area contributed by atoms with Gasteiger partial charge in [0.25, 0.3) is 0 Å². The normalized spacial score (nSPS) is 25.5. The van der Waals surface area contributed by atoms with Crippen LogP contribution in [0.3, 0.4) is 0 Å². The second-order valence-corrected chi connectivity index (χ2v) is 6.88. The van der Waals surface area contributed by atoms with Crippen molar-refractivity contribution in [2.24, 2.45) is 0 Å². The van der Waals surface area contributed by atoms with Gasteiger partial charge in [0.1, 0.15) is 5.75 Å². The fraction of sp³-hybridized carbons (Fsp3) is 0.667. The van der Waals surface area contributed by atoms with Gasteiger partial charge in [-0.3, -0.25) is 4.90 Å². The van der Waals surface area contributed by atoms with Crippen LogP contribution < -0.4 is 5.32 Å². The number of phenolic OH excluding ortho intramolecular Hbond substituents is 1. The number of phenols is 1. The molecule has 0 amide bonds. The van der Waals surface area contributed by atoms with Gasteiger partial charge in [-0.1, -0.05) is 38.3 Å². The highest BCUT2D eigenvalue weighted by Crippen LogP contribution is 2.34. The number of aromatic hydroxyl groups is 1. The summed E-state index contributed by atoms with van der Waals surface area (Å²) in [4.78, 5) is 2.68. The van der Waals surface area contributed by atoms with Crippen molar-refractivity contribution >= 4 is 0 Å². The van der Waals surface area contributed by atoms with Crippen LogP contribution in [0.4, 0.5) is 0 Å². The molecule has 1 atom stereocenters. The number of benzene rings is 1. The zero-order chi connectivity index (χ0) is 14.7. The Balaban J connectivity index is 1.72. The van der Waals surface area contributed by atoms with E-state index in [2.05, 4.69) is 29.3 Å². The topological polar surface area (TPSA) is 35.5 Å². The van der Waals surface area contributed by atoms with Gasteiger partial charge in [0.2, 0.25) is 0 Å². The lowest BCUT2D eigenvalue weighted by Crippen LogP contribution is -2.62. The third-order valence-electron chi connectivity index (χ3n) is 5.24. The Morgan fingerprint density at radius 1 is 1.24 bits per heavy atom. The van der Waals surface area contributed by atoms with Crippen molar-refractivity contribution in [3.8, 4) is 5.75 Å². The lowest BCUT2D eigenvalue weighted by molar-refractivity contribution is 0.0689. The van der Waals surface area contributed by atoms with Crippen molar-refractivity contribution in [1.29, 1.82) is 0 Å². The van der Waals surface area contributed by atoms with Crippen molar-refractivity contribution in [1.82, 2.24) is 10.2 Å². The van der Waals surface area contributed by atoms with Gasteiger partial charge in [-0.25, -0.2) is 0 Å². The molecule has 3 nitrogen and oxygen atoms in total. The fourth-order valence-corrected chi connectivity index (χ4v) is 4.06. The van der Waals surface area contributed by atoms with Gasteiger partial charge < -0.3 is 10.4 Å². The van der Waals surface area contributed by atoms with E-state index in [4.69, 9.17) is 0 Å². The van der Waals surface area contributed by atoms with E-state index in [0.29, 0.717) is 17.3 Å². The van der Waals surface area contributed by atoms with Crippen molar-refractivity contribution in [3.05, 3.63) is 29.8 Å². The molecule has 2 N–H and O–H groups in total. The first kappa shape index (κ1) is 14.9. The monoisotopic (exact) mass is 288 g/mol. The zero-order valence-corrected chi connectivity index (χ0v) is 13.1. The second-order valence-electron chi connectivity index (χ2n) is 6.88. The van der Waals surface area contributed by atoms with Crippen molar-refractivity contribution in [3.63, 3.8) is 0 Å². The molecule has 3 rings (SSSR count). The van der Waals surface area contributed by atoms with E-state index in [1.165, 1.54) is 50.6 Å². The van der Waals surface area contributed by atoms with Crippen LogP contribution in [-0.2, 0) is 6.54 Å². The Morgan fingerprint density at radius 3 is 2.62 bits per heavy atom. The Bertz CT molecular complexity index is 451. The van der Waals surface area contributed by atoms with E-state index in [1.54, 1.807) is 12.1 Å². The van der Waals surface area contributed by atoms with Gasteiger partial charge in [0.15, 0.2) is 0 Å². The first-order valence-corrected chi connectivity index (χ1v) is 8.48. The standard InChI is InChI=1S/C18H28N2O/c1-2-5-16-12-19-18(10-3-4-11-18)14-20(16)13-15-6-8-17(21)9-7-15/h6-9,16,19,21H,2-5,10-14H2,1H3. The van der Waals surface area contributed by atoms with E-state index in [9.17, 15) is 5.11 Å². The molecule has 116 valence electrons. The summed E-state index contributed by atoms with van der Waals surface area (Å²) in [5, 5.41) is 13.3. The molecule has 1 spiro atoms. The molecule has 1 aliphatic carbocycles. The molecule has 1 aromatic carbocycles. The molecular formula is C18H28N2O. The molecule has 1 unspecified atom stereocenters. The zero-order valence-electron chi connectivity index (χ0n) is 13.1. The highest BCUT2D eigenvalue weighted by Gasteiger charge is 2.40. The molecule has 2 aliphatic rings. The largest absolute Gasteiger partial charge is 0.508 e. The SMILES string of the molecule is CCCC1CNC2(CCCC2)CN1Cc1ccc(O)cc1. The van der Waals surface area contributed by atoms with Crippen molar-refractivity contribution in [2.45, 2.75) is 63.6 Å². The highest BCUT2D eigenvalue weighted by atomic mass is 16.3. The molecule has 3 heteroatoms. The van der Waals surface area contributed by atoms with Gasteiger partial charge in [0.05, 0.1) is 0 Å². The van der Waals surface area contributed by atoms with E-state index >= 15 is 0 Å². The number of hydrogen-bond acceptors (Lipinski definition) is 3. The summed E-state index contributed by atoms with van der Waals surface area (Å²) < 4.78 is 0. The molecule has 0 aromatic heterocycles. The van der Waals surface area contributed by atoms with Crippen LogP contribution in [0, 0.1) is 0 Å². The highest BCUT2D eigenvalue weighted by molar-refractivity contribution is 5.26. The maximum atomic E-state index is 9.44. The summed E-state index contributed by atoms with van der Waals surface area (Å²) in [6.45, 7) is 5.59. The summed E-state index contributed by atoms with van der Waals surface area (Å²) in [5.41, 5.74) is 1.69. The Labute approximate surface area is 128 Å². The molecule has 1 saturated heterocycles. The van der Waals surface area contributed by atoms with Gasteiger partial charge in [-0.05, 0) is 37.0 Å². The molecule has 1 aromatic rings. The Hall–Kier alpha value is -1.06. The summed E-state index contributed by atoms with van der Waals surface area (Å²) in [6.07, 6.45) is 7.92. The molecule has 0 radical (unpaired) electrons. The maximum Gasteiger partial charge on any atom is 0.115 e. The summed E-state index contributed by atoms with van der Waals surface area (Å²) in [6, 6.07) is 8.37. The van der Waals surface area contributed by atoms with Crippen LogP contribution in [-0.4, -0.2) is 34.7 Å². The first-order valence-electron chi connectivity index (χ1n) is 8.48. The van der Waals surface area contributed by atoms with E-state index in [0.717, 1.165) is 13.1 Å². The molecule has 0 bridgehead atoms. The number of piperazine rings is 1. The average molecular weight is 288 g/mol. The van der Waals surface area contributed by atoms with Crippen LogP contribution in [0.5, 0.6) is 5.75 Å². The smallest absolute Gasteiger partial charge is 0.115 e. The number of nitrogens with one attached hydrogen (secondary N) is 1. The fourth-order valence-electron chi connectivity index (χ4n) is 4.06. The predicted octanol–water partition coefficient (Wildman–Crippen LogP) is 3.28. The minimum absolute atomic E-state index is 0.358. The van der Waals surface area contributed by atoms with Crippen LogP contribution in [0.2, 0.25) is 0 Å². The third kappa shape index (κ3) is 3.41. The predicted molar refractivity (Wildman–Crippen MR) is 86.4 cm³/mol. The Morgan fingerprint density at radius 2 is 1.95 bits per heavy atom. The van der Waals surface area contributed by atoms with E-state index in [1.807, 2.05) is 0 Å². The van der Waals surface area contributed by atoms with Crippen LogP contribution in [0.25, 0.3) is 0 Å². The molecule has 1 saturated carbocycles. The molecule has 1 aliphatic heterocycles.